The minimum Gasteiger partial charge on any atom is -0.353 e. The SMILES string of the molecule is Cc1nc(CN2CCNC(=O)C23CCN(C(=O)c2ccnnc2)CC3)cs1. The Morgan fingerprint density at radius 1 is 1.30 bits per heavy atom. The lowest BCUT2D eigenvalue weighted by Gasteiger charge is -2.49. The number of aromatic nitrogens is 3. The van der Waals surface area contributed by atoms with E-state index in [4.69, 9.17) is 0 Å². The molecule has 4 heterocycles. The molecule has 8 nitrogen and oxygen atoms in total. The van der Waals surface area contributed by atoms with E-state index in [-0.39, 0.29) is 11.8 Å². The topological polar surface area (TPSA) is 91.3 Å². The average Bonchev–Trinajstić information content (AvgIpc) is 3.11. The summed E-state index contributed by atoms with van der Waals surface area (Å²) < 4.78 is 0. The van der Waals surface area contributed by atoms with Crippen LogP contribution in [0.25, 0.3) is 0 Å². The second-order valence-corrected chi connectivity index (χ2v) is 8.05. The molecular weight excluding hydrogens is 364 g/mol. The van der Waals surface area contributed by atoms with Crippen LogP contribution in [0.1, 0.15) is 33.9 Å². The molecular formula is C18H22N6O2S. The fourth-order valence-electron chi connectivity index (χ4n) is 3.96. The van der Waals surface area contributed by atoms with Crippen LogP contribution >= 0.6 is 11.3 Å². The number of amides is 2. The first-order chi connectivity index (χ1) is 13.1. The molecule has 0 unspecified atom stereocenters. The van der Waals surface area contributed by atoms with Gasteiger partial charge in [-0.1, -0.05) is 0 Å². The summed E-state index contributed by atoms with van der Waals surface area (Å²) in [6.45, 7) is 5.19. The van der Waals surface area contributed by atoms with Gasteiger partial charge in [0.05, 0.1) is 28.7 Å². The molecule has 2 fully saturated rings. The summed E-state index contributed by atoms with van der Waals surface area (Å²) in [7, 11) is 0. The van der Waals surface area contributed by atoms with Crippen molar-refractivity contribution in [1.29, 1.82) is 0 Å². The molecule has 2 aromatic rings. The Bertz CT molecular complexity index is 831. The zero-order chi connectivity index (χ0) is 18.9. The first-order valence-electron chi connectivity index (χ1n) is 9.09. The molecule has 0 atom stereocenters. The molecule has 2 amide bonds. The van der Waals surface area contributed by atoms with Gasteiger partial charge in [0.1, 0.15) is 5.54 Å². The average molecular weight is 386 g/mol. The Kier molecular flexibility index (Phi) is 4.88. The van der Waals surface area contributed by atoms with E-state index in [0.717, 1.165) is 17.2 Å². The fourth-order valence-corrected chi connectivity index (χ4v) is 4.56. The molecule has 0 bridgehead atoms. The van der Waals surface area contributed by atoms with E-state index >= 15 is 0 Å². The summed E-state index contributed by atoms with van der Waals surface area (Å²) in [6, 6.07) is 1.67. The minimum absolute atomic E-state index is 0.0577. The third-order valence-corrected chi connectivity index (χ3v) is 6.25. The highest BCUT2D eigenvalue weighted by atomic mass is 32.1. The number of piperazine rings is 1. The number of likely N-dealkylation sites (tertiary alicyclic amines) is 1. The van der Waals surface area contributed by atoms with Crippen LogP contribution in [0.5, 0.6) is 0 Å². The van der Waals surface area contributed by atoms with Gasteiger partial charge in [0.2, 0.25) is 5.91 Å². The lowest BCUT2D eigenvalue weighted by atomic mass is 9.82. The third-order valence-electron chi connectivity index (χ3n) is 5.42. The molecule has 0 saturated carbocycles. The van der Waals surface area contributed by atoms with E-state index in [1.165, 1.54) is 12.4 Å². The van der Waals surface area contributed by atoms with Crippen molar-refractivity contribution in [2.24, 2.45) is 0 Å². The molecule has 0 aliphatic carbocycles. The number of carbonyl (C=O) groups is 2. The van der Waals surface area contributed by atoms with E-state index in [1.54, 1.807) is 22.3 Å². The number of piperidine rings is 1. The van der Waals surface area contributed by atoms with Gasteiger partial charge >= 0.3 is 0 Å². The van der Waals surface area contributed by atoms with Crippen LogP contribution in [0, 0.1) is 6.92 Å². The van der Waals surface area contributed by atoms with Crippen LogP contribution in [-0.2, 0) is 11.3 Å². The van der Waals surface area contributed by atoms with E-state index in [2.05, 4.69) is 30.8 Å². The van der Waals surface area contributed by atoms with Crippen LogP contribution in [0.15, 0.2) is 23.8 Å². The summed E-state index contributed by atoms with van der Waals surface area (Å²) in [5, 5.41) is 13.6. The highest BCUT2D eigenvalue weighted by molar-refractivity contribution is 7.09. The number of aryl methyl sites for hydroxylation is 1. The summed E-state index contributed by atoms with van der Waals surface area (Å²) >= 11 is 1.63. The number of carbonyl (C=O) groups excluding carboxylic acids is 2. The predicted molar refractivity (Wildman–Crippen MR) is 100 cm³/mol. The van der Waals surface area contributed by atoms with Gasteiger partial charge in [-0.3, -0.25) is 14.5 Å². The van der Waals surface area contributed by atoms with Crippen molar-refractivity contribution >= 4 is 23.2 Å². The molecule has 1 spiro atoms. The number of hydrogen-bond donors (Lipinski definition) is 1. The van der Waals surface area contributed by atoms with Crippen LogP contribution < -0.4 is 5.32 Å². The van der Waals surface area contributed by atoms with Crippen molar-refractivity contribution < 1.29 is 9.59 Å². The van der Waals surface area contributed by atoms with Gasteiger partial charge in [-0.25, -0.2) is 4.98 Å². The molecule has 2 aliphatic rings. The molecule has 0 aromatic carbocycles. The maximum absolute atomic E-state index is 12.8. The molecule has 2 aromatic heterocycles. The first-order valence-corrected chi connectivity index (χ1v) is 9.97. The number of nitrogens with zero attached hydrogens (tertiary/aromatic N) is 5. The van der Waals surface area contributed by atoms with Crippen molar-refractivity contribution in [1.82, 2.24) is 30.3 Å². The van der Waals surface area contributed by atoms with Crippen molar-refractivity contribution in [3.8, 4) is 0 Å². The van der Waals surface area contributed by atoms with Gasteiger partial charge in [0.15, 0.2) is 0 Å². The Morgan fingerprint density at radius 3 is 2.78 bits per heavy atom. The van der Waals surface area contributed by atoms with Gasteiger partial charge in [0, 0.05) is 38.1 Å². The van der Waals surface area contributed by atoms with Crippen molar-refractivity contribution in [2.45, 2.75) is 31.8 Å². The van der Waals surface area contributed by atoms with Crippen LogP contribution in [0.4, 0.5) is 0 Å². The fraction of sp³-hybridized carbons (Fsp3) is 0.500. The Balaban J connectivity index is 1.49. The number of hydrogen-bond acceptors (Lipinski definition) is 7. The number of nitrogens with one attached hydrogen (secondary N) is 1. The predicted octanol–water partition coefficient (Wildman–Crippen LogP) is 0.848. The summed E-state index contributed by atoms with van der Waals surface area (Å²) in [6.07, 6.45) is 4.24. The highest BCUT2D eigenvalue weighted by Crippen LogP contribution is 2.33. The second kappa shape index (κ2) is 7.32. The zero-order valence-electron chi connectivity index (χ0n) is 15.2. The normalized spacial score (nSPS) is 19.9. The molecule has 0 radical (unpaired) electrons. The summed E-state index contributed by atoms with van der Waals surface area (Å²) in [5.74, 6) is 0.0102. The molecule has 27 heavy (non-hydrogen) atoms. The van der Waals surface area contributed by atoms with Gasteiger partial charge in [-0.2, -0.15) is 10.2 Å². The van der Waals surface area contributed by atoms with Gasteiger partial charge < -0.3 is 10.2 Å². The standard InChI is InChI=1S/C18H22N6O2S/c1-13-22-15(12-27-13)11-24-9-6-19-17(26)18(24)3-7-23(8-4-18)16(25)14-2-5-20-21-10-14/h2,5,10,12H,3-4,6-9,11H2,1H3,(H,19,26). The molecule has 4 rings (SSSR count). The molecule has 2 aliphatic heterocycles. The van der Waals surface area contributed by atoms with Crippen molar-refractivity contribution in [3.05, 3.63) is 40.1 Å². The maximum Gasteiger partial charge on any atom is 0.255 e. The number of rotatable bonds is 3. The van der Waals surface area contributed by atoms with Crippen molar-refractivity contribution in [3.63, 3.8) is 0 Å². The number of thiazole rings is 1. The highest BCUT2D eigenvalue weighted by Gasteiger charge is 2.48. The summed E-state index contributed by atoms with van der Waals surface area (Å²) in [4.78, 5) is 34.1. The second-order valence-electron chi connectivity index (χ2n) is 6.99. The zero-order valence-corrected chi connectivity index (χ0v) is 16.0. The van der Waals surface area contributed by atoms with Gasteiger partial charge in [-0.05, 0) is 25.8 Å². The minimum atomic E-state index is -0.566. The molecule has 9 heteroatoms. The smallest absolute Gasteiger partial charge is 0.255 e. The third kappa shape index (κ3) is 3.44. The monoisotopic (exact) mass is 386 g/mol. The van der Waals surface area contributed by atoms with E-state index in [9.17, 15) is 9.59 Å². The largest absolute Gasteiger partial charge is 0.353 e. The lowest BCUT2D eigenvalue weighted by molar-refractivity contribution is -0.141. The van der Waals surface area contributed by atoms with Gasteiger partial charge in [0.25, 0.3) is 5.91 Å². The van der Waals surface area contributed by atoms with Gasteiger partial charge in [-0.15, -0.1) is 11.3 Å². The van der Waals surface area contributed by atoms with Crippen LogP contribution in [0.2, 0.25) is 0 Å². The molecule has 1 N–H and O–H groups in total. The van der Waals surface area contributed by atoms with Crippen LogP contribution in [0.3, 0.4) is 0 Å². The van der Waals surface area contributed by atoms with E-state index in [0.29, 0.717) is 44.6 Å². The Morgan fingerprint density at radius 2 is 2.11 bits per heavy atom. The first kappa shape index (κ1) is 18.0. The molecule has 142 valence electrons. The lowest BCUT2D eigenvalue weighted by Crippen LogP contribution is -2.67. The maximum atomic E-state index is 12.8. The van der Waals surface area contributed by atoms with Crippen molar-refractivity contribution in [2.75, 3.05) is 26.2 Å². The van der Waals surface area contributed by atoms with E-state index in [1.807, 2.05) is 6.92 Å². The van der Waals surface area contributed by atoms with E-state index < -0.39 is 5.54 Å². The van der Waals surface area contributed by atoms with Crippen LogP contribution in [-0.4, -0.2) is 68.5 Å². The summed E-state index contributed by atoms with van der Waals surface area (Å²) in [5.41, 5.74) is 0.972. The molecule has 2 saturated heterocycles. The quantitative estimate of drug-likeness (QED) is 0.841. The Hall–Kier alpha value is -2.39. The Labute approximate surface area is 161 Å².